The topological polar surface area (TPSA) is 56.3 Å². The van der Waals surface area contributed by atoms with Crippen molar-refractivity contribution < 1.29 is 9.47 Å². The molecule has 0 bridgehead atoms. The Hall–Kier alpha value is -0.880. The summed E-state index contributed by atoms with van der Waals surface area (Å²) in [6, 6.07) is 0. The molecule has 18 heavy (non-hydrogen) atoms. The first kappa shape index (κ1) is 15.2. The van der Waals surface area contributed by atoms with Crippen molar-refractivity contribution in [3.8, 4) is 5.88 Å². The van der Waals surface area contributed by atoms with E-state index in [4.69, 9.17) is 9.47 Å². The lowest BCUT2D eigenvalue weighted by atomic mass is 10.3. The van der Waals surface area contributed by atoms with Crippen LogP contribution < -0.4 is 10.1 Å². The highest BCUT2D eigenvalue weighted by atomic mass is 79.9. The molecule has 1 rings (SSSR count). The van der Waals surface area contributed by atoms with Gasteiger partial charge in [0.2, 0.25) is 11.8 Å². The summed E-state index contributed by atoms with van der Waals surface area (Å²) in [5, 5.41) is 3.16. The molecule has 0 radical (unpaired) electrons. The fraction of sp³-hybridized carbons (Fsp3) is 0.667. The minimum absolute atomic E-state index is 0.303. The van der Waals surface area contributed by atoms with Crippen LogP contribution in [0.3, 0.4) is 0 Å². The Morgan fingerprint density at radius 2 is 2.17 bits per heavy atom. The summed E-state index contributed by atoms with van der Waals surface area (Å²) in [6.45, 7) is 5.70. The van der Waals surface area contributed by atoms with Crippen LogP contribution in [-0.2, 0) is 4.74 Å². The Labute approximate surface area is 116 Å². The van der Waals surface area contributed by atoms with Crippen LogP contribution in [0, 0.1) is 0 Å². The van der Waals surface area contributed by atoms with Crippen molar-refractivity contribution in [2.24, 2.45) is 0 Å². The lowest BCUT2D eigenvalue weighted by Crippen LogP contribution is -2.09. The summed E-state index contributed by atoms with van der Waals surface area (Å²) in [4.78, 5) is 8.37. The van der Waals surface area contributed by atoms with Crippen LogP contribution in [0.1, 0.15) is 26.7 Å². The first-order valence-corrected chi connectivity index (χ1v) is 6.84. The van der Waals surface area contributed by atoms with Gasteiger partial charge in [-0.1, -0.05) is 0 Å². The maximum absolute atomic E-state index is 5.46. The van der Waals surface area contributed by atoms with E-state index in [0.717, 1.165) is 30.5 Å². The Kier molecular flexibility index (Phi) is 6.97. The van der Waals surface area contributed by atoms with Gasteiger partial charge in [-0.15, -0.1) is 0 Å². The highest BCUT2D eigenvalue weighted by molar-refractivity contribution is 9.10. The molecule has 0 saturated carbocycles. The Morgan fingerprint density at radius 3 is 2.83 bits per heavy atom. The molecule has 0 aliphatic rings. The molecule has 0 aromatic carbocycles. The molecule has 1 aromatic rings. The first-order chi connectivity index (χ1) is 8.63. The normalized spacial score (nSPS) is 10.7. The van der Waals surface area contributed by atoms with Gasteiger partial charge in [-0.05, 0) is 42.6 Å². The smallest absolute Gasteiger partial charge is 0.232 e. The van der Waals surface area contributed by atoms with Crippen LogP contribution >= 0.6 is 15.9 Å². The van der Waals surface area contributed by atoms with Gasteiger partial charge < -0.3 is 14.8 Å². The number of nitrogens with one attached hydrogen (secondary N) is 1. The highest BCUT2D eigenvalue weighted by Gasteiger charge is 2.04. The predicted molar refractivity (Wildman–Crippen MR) is 75.1 cm³/mol. The van der Waals surface area contributed by atoms with Crippen LogP contribution in [-0.4, -0.2) is 36.3 Å². The third-order valence-corrected chi connectivity index (χ3v) is 2.75. The highest BCUT2D eigenvalue weighted by Crippen LogP contribution is 2.21. The molecule has 1 heterocycles. The van der Waals surface area contributed by atoms with Gasteiger partial charge in [0, 0.05) is 13.2 Å². The Bertz CT molecular complexity index is 361. The van der Waals surface area contributed by atoms with Crippen LogP contribution in [0.5, 0.6) is 5.88 Å². The molecule has 0 unspecified atom stereocenters. The van der Waals surface area contributed by atoms with Crippen molar-refractivity contribution in [1.29, 1.82) is 0 Å². The van der Waals surface area contributed by atoms with E-state index >= 15 is 0 Å². The Morgan fingerprint density at radius 1 is 1.39 bits per heavy atom. The minimum atomic E-state index is 0.303. The average Bonchev–Trinajstić information content (AvgIpc) is 2.35. The molecule has 0 fully saturated rings. The van der Waals surface area contributed by atoms with Gasteiger partial charge in [-0.2, -0.15) is 4.98 Å². The number of rotatable bonds is 8. The van der Waals surface area contributed by atoms with Crippen LogP contribution in [0.2, 0.25) is 0 Å². The van der Waals surface area contributed by atoms with E-state index < -0.39 is 0 Å². The van der Waals surface area contributed by atoms with Crippen molar-refractivity contribution in [2.75, 3.05) is 25.6 Å². The molecule has 5 nitrogen and oxygen atoms in total. The summed E-state index contributed by atoms with van der Waals surface area (Å²) >= 11 is 3.31. The molecule has 0 amide bonds. The number of anilines is 1. The summed E-state index contributed by atoms with van der Waals surface area (Å²) < 4.78 is 11.3. The van der Waals surface area contributed by atoms with Crippen molar-refractivity contribution in [1.82, 2.24) is 9.97 Å². The second kappa shape index (κ2) is 8.26. The Balaban J connectivity index is 2.23. The quantitative estimate of drug-likeness (QED) is 0.747. The van der Waals surface area contributed by atoms with E-state index in [-0.39, 0.29) is 0 Å². The maximum Gasteiger partial charge on any atom is 0.232 e. The number of ether oxygens (including phenoxy) is 2. The zero-order valence-corrected chi connectivity index (χ0v) is 12.7. The third-order valence-electron chi connectivity index (χ3n) is 2.21. The number of hydrogen-bond donors (Lipinski definition) is 1. The summed E-state index contributed by atoms with van der Waals surface area (Å²) in [7, 11) is 1.58. The molecule has 0 atom stereocenters. The zero-order valence-electron chi connectivity index (χ0n) is 11.1. The van der Waals surface area contributed by atoms with E-state index in [1.807, 2.05) is 13.8 Å². The van der Waals surface area contributed by atoms with Gasteiger partial charge in [0.15, 0.2) is 0 Å². The fourth-order valence-corrected chi connectivity index (χ4v) is 1.68. The third kappa shape index (κ3) is 5.64. The van der Waals surface area contributed by atoms with Crippen molar-refractivity contribution >= 4 is 21.9 Å². The molecule has 0 aliphatic heterocycles. The van der Waals surface area contributed by atoms with Crippen LogP contribution in [0.25, 0.3) is 0 Å². The molecule has 102 valence electrons. The predicted octanol–water partition coefficient (Wildman–Crippen LogP) is 2.86. The van der Waals surface area contributed by atoms with Gasteiger partial charge >= 0.3 is 0 Å². The number of methoxy groups -OCH3 is 1. The number of hydrogen-bond acceptors (Lipinski definition) is 5. The SMILES string of the molecule is COc1nc(NCCCCOC(C)C)ncc1Br. The molecule has 0 aliphatic carbocycles. The van der Waals surface area contributed by atoms with E-state index in [9.17, 15) is 0 Å². The van der Waals surface area contributed by atoms with Crippen molar-refractivity contribution in [2.45, 2.75) is 32.8 Å². The zero-order chi connectivity index (χ0) is 13.4. The summed E-state index contributed by atoms with van der Waals surface area (Å²) in [5.74, 6) is 1.12. The van der Waals surface area contributed by atoms with Crippen LogP contribution in [0.4, 0.5) is 5.95 Å². The maximum atomic E-state index is 5.46. The first-order valence-electron chi connectivity index (χ1n) is 6.05. The summed E-state index contributed by atoms with van der Waals surface area (Å²) in [6.07, 6.45) is 4.03. The average molecular weight is 318 g/mol. The number of unbranched alkanes of at least 4 members (excludes halogenated alkanes) is 1. The number of halogens is 1. The second-order valence-corrected chi connectivity index (χ2v) is 4.96. The number of nitrogens with zero attached hydrogens (tertiary/aromatic N) is 2. The fourth-order valence-electron chi connectivity index (χ4n) is 1.33. The van der Waals surface area contributed by atoms with Gasteiger partial charge in [0.1, 0.15) is 0 Å². The molecule has 1 aromatic heterocycles. The largest absolute Gasteiger partial charge is 0.480 e. The van der Waals surface area contributed by atoms with Gasteiger partial charge in [-0.25, -0.2) is 4.98 Å². The summed E-state index contributed by atoms with van der Waals surface area (Å²) in [5.41, 5.74) is 0. The van der Waals surface area contributed by atoms with E-state index in [1.165, 1.54) is 0 Å². The van der Waals surface area contributed by atoms with Crippen molar-refractivity contribution in [3.63, 3.8) is 0 Å². The van der Waals surface area contributed by atoms with E-state index in [2.05, 4.69) is 31.2 Å². The van der Waals surface area contributed by atoms with Gasteiger partial charge in [0.25, 0.3) is 0 Å². The molecular weight excluding hydrogens is 298 g/mol. The molecule has 1 N–H and O–H groups in total. The molecule has 0 spiro atoms. The van der Waals surface area contributed by atoms with E-state index in [0.29, 0.717) is 17.9 Å². The number of aromatic nitrogens is 2. The standard InChI is InChI=1S/C12H20BrN3O2/c1-9(2)18-7-5-4-6-14-12-15-8-10(13)11(16-12)17-3/h8-9H,4-7H2,1-3H3,(H,14,15,16). The molecular formula is C12H20BrN3O2. The van der Waals surface area contributed by atoms with Crippen molar-refractivity contribution in [3.05, 3.63) is 10.7 Å². The lowest BCUT2D eigenvalue weighted by molar-refractivity contribution is 0.0765. The monoisotopic (exact) mass is 317 g/mol. The van der Waals surface area contributed by atoms with Crippen LogP contribution in [0.15, 0.2) is 10.7 Å². The second-order valence-electron chi connectivity index (χ2n) is 4.10. The molecule has 6 heteroatoms. The molecule has 0 saturated heterocycles. The lowest BCUT2D eigenvalue weighted by Gasteiger charge is -2.08. The van der Waals surface area contributed by atoms with Gasteiger partial charge in [-0.3, -0.25) is 0 Å². The minimum Gasteiger partial charge on any atom is -0.480 e. The van der Waals surface area contributed by atoms with E-state index in [1.54, 1.807) is 13.3 Å². The van der Waals surface area contributed by atoms with Gasteiger partial charge in [0.05, 0.1) is 23.9 Å².